The molecule has 0 aromatic heterocycles. The smallest absolute Gasteiger partial charge is 0.309 e. The van der Waals surface area contributed by atoms with Gasteiger partial charge in [-0.3, -0.25) is 19.2 Å². The highest BCUT2D eigenvalue weighted by molar-refractivity contribution is 6.00. The number of aliphatic hydroxyl groups is 1. The van der Waals surface area contributed by atoms with Crippen molar-refractivity contribution < 1.29 is 34.1 Å². The molecule has 5 saturated carbocycles. The Bertz CT molecular complexity index is 1580. The van der Waals surface area contributed by atoms with Gasteiger partial charge in [0.25, 0.3) is 0 Å². The number of carboxylic acid groups (broad SMARTS) is 1. The molecule has 0 radical (unpaired) electrons. The van der Waals surface area contributed by atoms with Crippen LogP contribution >= 0.6 is 0 Å². The molecule has 0 aromatic rings. The number of fused-ring (bicyclic) bond motifs is 7. The second kappa shape index (κ2) is 14.5. The number of ether oxygens (including phenoxy) is 1. The van der Waals surface area contributed by atoms with Gasteiger partial charge in [0.2, 0.25) is 5.91 Å². The van der Waals surface area contributed by atoms with Gasteiger partial charge in [0.05, 0.1) is 24.5 Å². The molecule has 310 valence electrons. The standard InChI is InChI=1S/C46H74N2O7/c1-28(2)38-31(49)23-46(34(50)26-48(25-29-13-12-14-29)36(51)27-47(10)11)22-21-44(8)30(39(38)46)15-16-33-43(7)19-18-35(55-37(52)24-41(3,4)40(53)54)42(5,6)32(43)17-20-45(33,44)9/h28-30,32-35,50H,12-27H2,1-11H3,(H,53,54). The van der Waals surface area contributed by atoms with Crippen LogP contribution in [-0.2, 0) is 23.9 Å². The third-order valence-electron chi connectivity index (χ3n) is 17.4. The molecule has 9 unspecified atom stereocenters. The molecule has 0 aromatic carbocycles. The van der Waals surface area contributed by atoms with E-state index in [1.165, 1.54) is 12.0 Å². The van der Waals surface area contributed by atoms with E-state index in [1.54, 1.807) is 13.8 Å². The summed E-state index contributed by atoms with van der Waals surface area (Å²) in [6.45, 7) is 20.8. The van der Waals surface area contributed by atoms with E-state index in [0.717, 1.165) is 69.8 Å². The molecular formula is C46H74N2O7. The van der Waals surface area contributed by atoms with Gasteiger partial charge in [0.15, 0.2) is 5.78 Å². The zero-order valence-electron chi connectivity index (χ0n) is 36.2. The van der Waals surface area contributed by atoms with E-state index in [1.807, 2.05) is 23.9 Å². The molecule has 6 aliphatic carbocycles. The van der Waals surface area contributed by atoms with Crippen molar-refractivity contribution in [3.05, 3.63) is 11.1 Å². The number of ketones is 1. The number of aliphatic hydroxyl groups excluding tert-OH is 1. The maximum atomic E-state index is 14.2. The van der Waals surface area contributed by atoms with Crippen molar-refractivity contribution >= 4 is 23.6 Å². The summed E-state index contributed by atoms with van der Waals surface area (Å²) in [5.41, 5.74) is 0.116. The molecular weight excluding hydrogens is 693 g/mol. The van der Waals surface area contributed by atoms with Crippen LogP contribution in [0.25, 0.3) is 0 Å². The molecule has 55 heavy (non-hydrogen) atoms. The lowest BCUT2D eigenvalue weighted by Crippen LogP contribution is -2.66. The van der Waals surface area contributed by atoms with Gasteiger partial charge in [0, 0.05) is 30.3 Å². The van der Waals surface area contributed by atoms with Crippen LogP contribution in [0.5, 0.6) is 0 Å². The zero-order chi connectivity index (χ0) is 40.7. The third kappa shape index (κ3) is 6.85. The fourth-order valence-corrected chi connectivity index (χ4v) is 13.9. The third-order valence-corrected chi connectivity index (χ3v) is 17.4. The van der Waals surface area contributed by atoms with Crippen LogP contribution in [0.1, 0.15) is 146 Å². The van der Waals surface area contributed by atoms with Crippen molar-refractivity contribution in [1.82, 2.24) is 9.80 Å². The van der Waals surface area contributed by atoms with E-state index >= 15 is 0 Å². The van der Waals surface area contributed by atoms with Crippen LogP contribution in [0, 0.1) is 62.1 Å². The first kappa shape index (κ1) is 42.3. The Hall–Kier alpha value is -2.26. The minimum Gasteiger partial charge on any atom is -0.481 e. The molecule has 0 heterocycles. The Kier molecular flexibility index (Phi) is 11.2. The zero-order valence-corrected chi connectivity index (χ0v) is 36.2. The second-order valence-corrected chi connectivity index (χ2v) is 21.9. The minimum absolute atomic E-state index is 0.0159. The number of amides is 1. The number of carbonyl (C=O) groups excluding carboxylic acids is 3. The Labute approximate surface area is 331 Å². The lowest BCUT2D eigenvalue weighted by Gasteiger charge is -2.72. The molecule has 0 aliphatic heterocycles. The normalized spacial score (nSPS) is 37.7. The molecule has 9 atom stereocenters. The largest absolute Gasteiger partial charge is 0.481 e. The monoisotopic (exact) mass is 767 g/mol. The number of hydrogen-bond donors (Lipinski definition) is 2. The summed E-state index contributed by atoms with van der Waals surface area (Å²) >= 11 is 0. The number of aliphatic carboxylic acids is 1. The lowest BCUT2D eigenvalue weighted by atomic mass is 9.33. The fraction of sp³-hybridized carbons (Fsp3) is 0.870. The molecule has 0 saturated heterocycles. The molecule has 9 nitrogen and oxygen atoms in total. The second-order valence-electron chi connectivity index (χ2n) is 21.9. The van der Waals surface area contributed by atoms with Crippen LogP contribution < -0.4 is 0 Å². The van der Waals surface area contributed by atoms with Crippen molar-refractivity contribution in [2.45, 2.75) is 158 Å². The first-order valence-electron chi connectivity index (χ1n) is 21.8. The SMILES string of the molecule is CC(C)C1=C2C3CCC4C5(C)CCC(OC(=O)CC(C)(C)C(=O)O)C(C)(C)C5CCC4(C)C3(C)CCC2(C(O)CN(CC2CCC2)C(=O)CN(C)C)CC1=O. The summed E-state index contributed by atoms with van der Waals surface area (Å²) in [5, 5.41) is 22.2. The molecule has 6 aliphatic rings. The van der Waals surface area contributed by atoms with Crippen LogP contribution in [0.3, 0.4) is 0 Å². The topological polar surface area (TPSA) is 124 Å². The number of carbonyl (C=O) groups is 4. The van der Waals surface area contributed by atoms with Crippen LogP contribution in [0.4, 0.5) is 0 Å². The van der Waals surface area contributed by atoms with Crippen molar-refractivity contribution in [2.24, 2.45) is 62.1 Å². The quantitative estimate of drug-likeness (QED) is 0.192. The van der Waals surface area contributed by atoms with Crippen LogP contribution in [0.2, 0.25) is 0 Å². The lowest BCUT2D eigenvalue weighted by molar-refractivity contribution is -0.235. The summed E-state index contributed by atoms with van der Waals surface area (Å²) < 4.78 is 6.18. The summed E-state index contributed by atoms with van der Waals surface area (Å²) in [6.07, 6.45) is 10.2. The Morgan fingerprint density at radius 2 is 1.56 bits per heavy atom. The maximum Gasteiger partial charge on any atom is 0.309 e. The number of allylic oxidation sites excluding steroid dienone is 1. The van der Waals surface area contributed by atoms with E-state index in [0.29, 0.717) is 37.3 Å². The highest BCUT2D eigenvalue weighted by Gasteiger charge is 2.71. The van der Waals surface area contributed by atoms with Crippen LogP contribution in [0.15, 0.2) is 11.1 Å². The number of hydrogen-bond acceptors (Lipinski definition) is 7. The van der Waals surface area contributed by atoms with Gasteiger partial charge in [-0.25, -0.2) is 0 Å². The molecule has 1 amide bonds. The first-order chi connectivity index (χ1) is 25.4. The Balaban J connectivity index is 1.29. The van der Waals surface area contributed by atoms with Crippen molar-refractivity contribution in [3.63, 3.8) is 0 Å². The Morgan fingerprint density at radius 3 is 2.15 bits per heavy atom. The van der Waals surface area contributed by atoms with Gasteiger partial charge in [-0.2, -0.15) is 0 Å². The fourth-order valence-electron chi connectivity index (χ4n) is 13.9. The van der Waals surface area contributed by atoms with Gasteiger partial charge in [-0.15, -0.1) is 0 Å². The first-order valence-corrected chi connectivity index (χ1v) is 21.8. The van der Waals surface area contributed by atoms with Crippen molar-refractivity contribution in [1.29, 1.82) is 0 Å². The van der Waals surface area contributed by atoms with Gasteiger partial charge in [-0.05, 0) is 144 Å². The van der Waals surface area contributed by atoms with Crippen LogP contribution in [-0.4, -0.2) is 89.6 Å². The number of Topliss-reactive ketones (excluding diaryl/α,β-unsaturated/α-hetero) is 1. The summed E-state index contributed by atoms with van der Waals surface area (Å²) in [4.78, 5) is 56.6. The highest BCUT2D eigenvalue weighted by atomic mass is 16.5. The number of rotatable bonds is 12. The summed E-state index contributed by atoms with van der Waals surface area (Å²) in [5.74, 6) is 0.390. The van der Waals surface area contributed by atoms with Gasteiger partial charge >= 0.3 is 11.9 Å². The summed E-state index contributed by atoms with van der Waals surface area (Å²) in [7, 11) is 3.83. The predicted octanol–water partition coefficient (Wildman–Crippen LogP) is 7.93. The molecule has 0 spiro atoms. The van der Waals surface area contributed by atoms with Gasteiger partial charge < -0.3 is 24.7 Å². The summed E-state index contributed by atoms with van der Waals surface area (Å²) in [6, 6.07) is 0. The number of nitrogens with zero attached hydrogens (tertiary/aromatic N) is 2. The Morgan fingerprint density at radius 1 is 0.891 bits per heavy atom. The highest BCUT2D eigenvalue weighted by Crippen LogP contribution is 2.77. The van der Waals surface area contributed by atoms with Gasteiger partial charge in [0.1, 0.15) is 6.10 Å². The minimum atomic E-state index is -1.17. The predicted molar refractivity (Wildman–Crippen MR) is 214 cm³/mol. The molecule has 0 bridgehead atoms. The average Bonchev–Trinajstić information content (AvgIpc) is 3.36. The van der Waals surface area contributed by atoms with Gasteiger partial charge in [-0.1, -0.05) is 60.5 Å². The number of likely N-dealkylation sites (N-methyl/N-ethyl adjacent to an activating group) is 1. The maximum absolute atomic E-state index is 14.2. The average molecular weight is 767 g/mol. The van der Waals surface area contributed by atoms with E-state index in [4.69, 9.17) is 4.74 Å². The molecule has 5 fully saturated rings. The van der Waals surface area contributed by atoms with E-state index in [2.05, 4.69) is 48.5 Å². The van der Waals surface area contributed by atoms with E-state index < -0.39 is 28.9 Å². The van der Waals surface area contributed by atoms with E-state index in [9.17, 15) is 29.4 Å². The van der Waals surface area contributed by atoms with Crippen molar-refractivity contribution in [2.75, 3.05) is 33.7 Å². The molecule has 2 N–H and O–H groups in total. The number of carboxylic acids is 1. The number of esters is 1. The molecule has 9 heteroatoms. The van der Waals surface area contributed by atoms with E-state index in [-0.39, 0.29) is 64.3 Å². The molecule has 6 rings (SSSR count). The van der Waals surface area contributed by atoms with Crippen molar-refractivity contribution in [3.8, 4) is 0 Å².